The predicted molar refractivity (Wildman–Crippen MR) is 120 cm³/mol. The van der Waals surface area contributed by atoms with Crippen LogP contribution in [0.1, 0.15) is 36.8 Å². The number of amidine groups is 1. The Morgan fingerprint density at radius 3 is 2.80 bits per heavy atom. The van der Waals surface area contributed by atoms with E-state index in [4.69, 9.17) is 0 Å². The number of rotatable bonds is 7. The Hall–Kier alpha value is -2.78. The number of carbonyl (C=O) groups is 1. The van der Waals surface area contributed by atoms with Crippen molar-refractivity contribution in [1.82, 2.24) is 9.71 Å². The Labute approximate surface area is 179 Å². The minimum absolute atomic E-state index is 0.0458. The van der Waals surface area contributed by atoms with Crippen LogP contribution in [0.4, 0.5) is 5.13 Å². The highest BCUT2D eigenvalue weighted by Crippen LogP contribution is 2.28. The molecule has 4 rings (SSSR count). The van der Waals surface area contributed by atoms with Crippen molar-refractivity contribution in [2.75, 3.05) is 11.9 Å². The quantitative estimate of drug-likeness (QED) is 0.543. The van der Waals surface area contributed by atoms with Crippen LogP contribution in [-0.2, 0) is 14.8 Å². The maximum Gasteiger partial charge on any atom is 0.263 e. The standard InChI is InChI=1S/C21H22N4O3S2/c1-14-8-7-10-16-19(14)24-21(29-16)23-18(26)12-3-2-6-13-22-20-15-9-4-5-11-17(15)30(27,28)25-20/h4-5,7-11H,2-3,6,12-13H2,1H3,(H,22,25)(H,23,24,26). The molecule has 0 saturated carbocycles. The van der Waals surface area contributed by atoms with E-state index in [2.05, 4.69) is 20.0 Å². The maximum atomic E-state index is 12.2. The number of amides is 1. The fourth-order valence-corrected chi connectivity index (χ4v) is 5.55. The number of thiazole rings is 1. The number of unbranched alkanes of at least 4 members (excludes halogenated alkanes) is 2. The first-order valence-corrected chi connectivity index (χ1v) is 12.1. The van der Waals surface area contributed by atoms with Gasteiger partial charge in [-0.3, -0.25) is 14.5 Å². The predicted octanol–water partition coefficient (Wildman–Crippen LogP) is 3.84. The molecule has 3 aromatic rings. The van der Waals surface area contributed by atoms with E-state index in [-0.39, 0.29) is 10.8 Å². The molecule has 1 aliphatic heterocycles. The Balaban J connectivity index is 1.22. The number of benzene rings is 2. The summed E-state index contributed by atoms with van der Waals surface area (Å²) in [6.45, 7) is 2.51. The lowest BCUT2D eigenvalue weighted by atomic mass is 10.2. The first-order chi connectivity index (χ1) is 14.4. The van der Waals surface area contributed by atoms with Crippen LogP contribution in [0.25, 0.3) is 10.2 Å². The summed E-state index contributed by atoms with van der Waals surface area (Å²) >= 11 is 1.48. The van der Waals surface area contributed by atoms with Gasteiger partial charge in [-0.15, -0.1) is 0 Å². The average molecular weight is 443 g/mol. The summed E-state index contributed by atoms with van der Waals surface area (Å²) in [5.41, 5.74) is 2.64. The van der Waals surface area contributed by atoms with Crippen LogP contribution in [0.3, 0.4) is 0 Å². The largest absolute Gasteiger partial charge is 0.302 e. The van der Waals surface area contributed by atoms with E-state index in [0.717, 1.165) is 35.0 Å². The fraction of sp³-hybridized carbons (Fsp3) is 0.286. The van der Waals surface area contributed by atoms with Crippen LogP contribution >= 0.6 is 11.3 Å². The number of carbonyl (C=O) groups excluding carboxylic acids is 1. The molecule has 0 bridgehead atoms. The van der Waals surface area contributed by atoms with Crippen molar-refractivity contribution in [3.63, 3.8) is 0 Å². The minimum Gasteiger partial charge on any atom is -0.302 e. The molecule has 0 radical (unpaired) electrons. The average Bonchev–Trinajstić information content (AvgIpc) is 3.24. The zero-order chi connectivity index (χ0) is 21.1. The van der Waals surface area contributed by atoms with E-state index in [0.29, 0.717) is 29.5 Å². The van der Waals surface area contributed by atoms with Crippen LogP contribution in [-0.4, -0.2) is 31.7 Å². The number of aliphatic imine (C=N–C) groups is 1. The summed E-state index contributed by atoms with van der Waals surface area (Å²) in [5.74, 6) is 0.352. The second kappa shape index (κ2) is 8.53. The van der Waals surface area contributed by atoms with E-state index >= 15 is 0 Å². The van der Waals surface area contributed by atoms with E-state index in [1.54, 1.807) is 24.3 Å². The van der Waals surface area contributed by atoms with Gasteiger partial charge in [0, 0.05) is 18.5 Å². The van der Waals surface area contributed by atoms with Gasteiger partial charge in [0.05, 0.1) is 15.1 Å². The Morgan fingerprint density at radius 1 is 1.13 bits per heavy atom. The van der Waals surface area contributed by atoms with Gasteiger partial charge < -0.3 is 5.32 Å². The molecular weight excluding hydrogens is 420 g/mol. The van der Waals surface area contributed by atoms with Gasteiger partial charge >= 0.3 is 0 Å². The molecule has 0 unspecified atom stereocenters. The summed E-state index contributed by atoms with van der Waals surface area (Å²) in [6.07, 6.45) is 2.77. The molecule has 1 aromatic heterocycles. The molecular formula is C21H22N4O3S2. The van der Waals surface area contributed by atoms with Crippen LogP contribution in [0.5, 0.6) is 0 Å². The number of fused-ring (bicyclic) bond motifs is 2. The van der Waals surface area contributed by atoms with Crippen LogP contribution in [0.15, 0.2) is 52.4 Å². The second-order valence-electron chi connectivity index (χ2n) is 7.13. The SMILES string of the molecule is Cc1cccc2sc(NC(=O)CCCCCN=C3NS(=O)(=O)c4ccccc43)nc12. The van der Waals surface area contributed by atoms with Crippen LogP contribution in [0.2, 0.25) is 0 Å². The van der Waals surface area contributed by atoms with Crippen LogP contribution < -0.4 is 10.0 Å². The van der Waals surface area contributed by atoms with Crippen molar-refractivity contribution in [1.29, 1.82) is 0 Å². The number of anilines is 1. The van der Waals surface area contributed by atoms with Gasteiger partial charge in [0.25, 0.3) is 10.0 Å². The molecule has 7 nitrogen and oxygen atoms in total. The Morgan fingerprint density at radius 2 is 1.97 bits per heavy atom. The number of aromatic nitrogens is 1. The van der Waals surface area contributed by atoms with Gasteiger partial charge in [-0.2, -0.15) is 0 Å². The third-order valence-corrected chi connectivity index (χ3v) is 7.19. The fourth-order valence-electron chi connectivity index (χ4n) is 3.34. The third kappa shape index (κ3) is 4.36. The molecule has 30 heavy (non-hydrogen) atoms. The van der Waals surface area contributed by atoms with E-state index in [9.17, 15) is 13.2 Å². The van der Waals surface area contributed by atoms with Crippen molar-refractivity contribution < 1.29 is 13.2 Å². The summed E-state index contributed by atoms with van der Waals surface area (Å²) in [6, 6.07) is 12.8. The van der Waals surface area contributed by atoms with Gasteiger partial charge in [0.2, 0.25) is 5.91 Å². The van der Waals surface area contributed by atoms with Crippen molar-refractivity contribution >= 4 is 48.5 Å². The molecule has 0 atom stereocenters. The lowest BCUT2D eigenvalue weighted by Gasteiger charge is -2.02. The van der Waals surface area contributed by atoms with Gasteiger partial charge in [-0.05, 0) is 43.5 Å². The van der Waals surface area contributed by atoms with Crippen LogP contribution in [0, 0.1) is 6.92 Å². The molecule has 0 fully saturated rings. The smallest absolute Gasteiger partial charge is 0.263 e. The van der Waals surface area contributed by atoms with Gasteiger partial charge in [-0.1, -0.05) is 42.0 Å². The lowest BCUT2D eigenvalue weighted by Crippen LogP contribution is -2.22. The molecule has 0 spiro atoms. The third-order valence-electron chi connectivity index (χ3n) is 4.86. The molecule has 2 aromatic carbocycles. The van der Waals surface area contributed by atoms with Crippen molar-refractivity contribution in [3.05, 3.63) is 53.6 Å². The monoisotopic (exact) mass is 442 g/mol. The highest BCUT2D eigenvalue weighted by atomic mass is 32.2. The number of sulfonamides is 1. The molecule has 2 N–H and O–H groups in total. The Kier molecular flexibility index (Phi) is 5.83. The number of para-hydroxylation sites is 1. The maximum absolute atomic E-state index is 12.2. The van der Waals surface area contributed by atoms with Gasteiger partial charge in [-0.25, -0.2) is 13.4 Å². The highest BCUT2D eigenvalue weighted by Gasteiger charge is 2.29. The molecule has 1 aliphatic rings. The first kappa shape index (κ1) is 20.5. The van der Waals surface area contributed by atoms with Crippen molar-refractivity contribution in [2.45, 2.75) is 37.5 Å². The zero-order valence-corrected chi connectivity index (χ0v) is 18.1. The summed E-state index contributed by atoms with van der Waals surface area (Å²) < 4.78 is 27.7. The number of nitrogens with one attached hydrogen (secondary N) is 2. The second-order valence-corrected chi connectivity index (χ2v) is 9.81. The molecule has 2 heterocycles. The van der Waals surface area contributed by atoms with E-state index in [1.807, 2.05) is 25.1 Å². The number of hydrogen-bond acceptors (Lipinski definition) is 6. The number of nitrogens with zero attached hydrogens (tertiary/aromatic N) is 2. The first-order valence-electron chi connectivity index (χ1n) is 9.77. The van der Waals surface area contributed by atoms with E-state index in [1.165, 1.54) is 11.3 Å². The number of aryl methyl sites for hydroxylation is 1. The minimum atomic E-state index is -3.49. The number of hydrogen-bond donors (Lipinski definition) is 2. The highest BCUT2D eigenvalue weighted by molar-refractivity contribution is 7.90. The normalized spacial score (nSPS) is 15.8. The summed E-state index contributed by atoms with van der Waals surface area (Å²) in [5, 5.41) is 3.51. The van der Waals surface area contributed by atoms with E-state index < -0.39 is 10.0 Å². The topological polar surface area (TPSA) is 101 Å². The molecule has 0 aliphatic carbocycles. The summed E-state index contributed by atoms with van der Waals surface area (Å²) in [4.78, 5) is 21.3. The van der Waals surface area contributed by atoms with Crippen molar-refractivity contribution in [2.24, 2.45) is 4.99 Å². The Bertz CT molecular complexity index is 1230. The van der Waals surface area contributed by atoms with Gasteiger partial charge in [0.1, 0.15) is 5.84 Å². The molecule has 0 saturated heterocycles. The molecule has 1 amide bonds. The summed E-state index contributed by atoms with van der Waals surface area (Å²) in [7, 11) is -3.49. The van der Waals surface area contributed by atoms with Gasteiger partial charge in [0.15, 0.2) is 5.13 Å². The molecule has 156 valence electrons. The lowest BCUT2D eigenvalue weighted by molar-refractivity contribution is -0.116. The van der Waals surface area contributed by atoms with Crippen molar-refractivity contribution in [3.8, 4) is 0 Å². The zero-order valence-electron chi connectivity index (χ0n) is 16.5. The molecule has 9 heteroatoms.